The van der Waals surface area contributed by atoms with Crippen molar-refractivity contribution in [2.75, 3.05) is 32.8 Å². The van der Waals surface area contributed by atoms with Gasteiger partial charge in [0.2, 0.25) is 0 Å². The number of rotatable bonds is 9. The van der Waals surface area contributed by atoms with Crippen LogP contribution in [0.2, 0.25) is 0 Å². The van der Waals surface area contributed by atoms with Crippen LogP contribution in [-0.4, -0.2) is 60.8 Å². The topological polar surface area (TPSA) is 125 Å². The van der Waals surface area contributed by atoms with E-state index in [4.69, 9.17) is 14.2 Å². The molecule has 0 aliphatic carbocycles. The maximum absolute atomic E-state index is 14.7. The number of nitrogens with one attached hydrogen (secondary N) is 1. The number of aromatic amines is 1. The molecule has 3 aromatic heterocycles. The summed E-state index contributed by atoms with van der Waals surface area (Å²) in [7, 11) is -0.629. The number of methoxy groups -OCH3 is 2. The fourth-order valence-corrected chi connectivity index (χ4v) is 5.08. The number of halogens is 1. The second-order valence-electron chi connectivity index (χ2n) is 8.43. The first kappa shape index (κ1) is 26.1. The van der Waals surface area contributed by atoms with Gasteiger partial charge in [0.05, 0.1) is 43.8 Å². The third-order valence-electron chi connectivity index (χ3n) is 5.92. The van der Waals surface area contributed by atoms with Gasteiger partial charge in [-0.3, -0.25) is 4.57 Å². The zero-order valence-corrected chi connectivity index (χ0v) is 21.8. The maximum Gasteiger partial charge on any atom is 0.328 e. The van der Waals surface area contributed by atoms with Crippen molar-refractivity contribution in [2.45, 2.75) is 19.9 Å². The van der Waals surface area contributed by atoms with E-state index in [-0.39, 0.29) is 22.8 Å². The summed E-state index contributed by atoms with van der Waals surface area (Å²) >= 11 is 0. The van der Waals surface area contributed by atoms with Crippen molar-refractivity contribution in [3.05, 3.63) is 64.1 Å². The van der Waals surface area contributed by atoms with Gasteiger partial charge in [-0.05, 0) is 49.7 Å². The minimum absolute atomic E-state index is 0.175. The molecule has 3 heterocycles. The molecule has 0 saturated heterocycles. The van der Waals surface area contributed by atoms with Crippen molar-refractivity contribution in [1.29, 1.82) is 0 Å². The second kappa shape index (κ2) is 10.2. The SMILES string of the molecule is CCOc1nc([C@@H](CS(C)(=O)=O)n2c(=O)[nH]c3c(C)c(-c4cc(OC)ccc4F)cnc32)ccc1OC. The van der Waals surface area contributed by atoms with E-state index in [0.717, 1.165) is 6.26 Å². The van der Waals surface area contributed by atoms with Crippen LogP contribution in [0.1, 0.15) is 24.2 Å². The fourth-order valence-electron chi connectivity index (χ4n) is 4.19. The third kappa shape index (κ3) is 5.15. The molecule has 0 saturated carbocycles. The molecule has 4 aromatic rings. The molecule has 0 spiro atoms. The summed E-state index contributed by atoms with van der Waals surface area (Å²) in [5.41, 5.74) is 1.52. The molecule has 0 aliphatic heterocycles. The highest BCUT2D eigenvalue weighted by molar-refractivity contribution is 7.90. The molecule has 0 bridgehead atoms. The van der Waals surface area contributed by atoms with E-state index >= 15 is 0 Å². The van der Waals surface area contributed by atoms with E-state index < -0.39 is 33.1 Å². The summed E-state index contributed by atoms with van der Waals surface area (Å²) in [6.07, 6.45) is 2.53. The maximum atomic E-state index is 14.7. The number of fused-ring (bicyclic) bond motifs is 1. The van der Waals surface area contributed by atoms with Gasteiger partial charge in [-0.15, -0.1) is 0 Å². The number of sulfone groups is 1. The number of nitrogens with zero attached hydrogens (tertiary/aromatic N) is 3. The molecule has 1 atom stereocenters. The number of imidazole rings is 1. The minimum atomic E-state index is -3.58. The average Bonchev–Trinajstić information content (AvgIpc) is 3.19. The van der Waals surface area contributed by atoms with E-state index in [1.807, 2.05) is 0 Å². The Morgan fingerprint density at radius 1 is 1.14 bits per heavy atom. The van der Waals surface area contributed by atoms with Crippen molar-refractivity contribution in [3.63, 3.8) is 0 Å². The van der Waals surface area contributed by atoms with Gasteiger partial charge in [0.1, 0.15) is 21.4 Å². The van der Waals surface area contributed by atoms with E-state index in [1.54, 1.807) is 32.0 Å². The monoisotopic (exact) mass is 530 g/mol. The summed E-state index contributed by atoms with van der Waals surface area (Å²) in [5, 5.41) is 0. The lowest BCUT2D eigenvalue weighted by Gasteiger charge is -2.19. The first-order valence-electron chi connectivity index (χ1n) is 11.4. The van der Waals surface area contributed by atoms with Gasteiger partial charge < -0.3 is 19.2 Å². The Kier molecular flexibility index (Phi) is 7.21. The predicted octanol–water partition coefficient (Wildman–Crippen LogP) is 3.28. The predicted molar refractivity (Wildman–Crippen MR) is 137 cm³/mol. The van der Waals surface area contributed by atoms with E-state index in [2.05, 4.69) is 15.0 Å². The number of benzene rings is 1. The summed E-state index contributed by atoms with van der Waals surface area (Å²) in [5.74, 6) is 0.110. The fraction of sp³-hybridized carbons (Fsp3) is 0.320. The highest BCUT2D eigenvalue weighted by Crippen LogP contribution is 2.33. The largest absolute Gasteiger partial charge is 0.497 e. The summed E-state index contributed by atoms with van der Waals surface area (Å²) in [6.45, 7) is 3.81. The quantitative estimate of drug-likeness (QED) is 0.350. The Morgan fingerprint density at radius 2 is 1.89 bits per heavy atom. The van der Waals surface area contributed by atoms with Crippen molar-refractivity contribution < 1.29 is 27.0 Å². The number of ether oxygens (including phenoxy) is 3. The van der Waals surface area contributed by atoms with Gasteiger partial charge in [0.25, 0.3) is 5.88 Å². The first-order chi connectivity index (χ1) is 17.6. The lowest BCUT2D eigenvalue weighted by molar-refractivity contribution is 0.296. The Balaban J connectivity index is 1.93. The molecule has 37 heavy (non-hydrogen) atoms. The van der Waals surface area contributed by atoms with E-state index in [0.29, 0.717) is 34.7 Å². The van der Waals surface area contributed by atoms with Crippen LogP contribution in [0.15, 0.2) is 41.3 Å². The lowest BCUT2D eigenvalue weighted by atomic mass is 10.0. The lowest BCUT2D eigenvalue weighted by Crippen LogP contribution is -2.29. The Labute approximate surface area is 213 Å². The van der Waals surface area contributed by atoms with E-state index in [9.17, 15) is 17.6 Å². The number of pyridine rings is 2. The van der Waals surface area contributed by atoms with Crippen LogP contribution in [0.4, 0.5) is 4.39 Å². The molecule has 4 rings (SSSR count). The van der Waals surface area contributed by atoms with Crippen molar-refractivity contribution in [2.24, 2.45) is 0 Å². The zero-order chi connectivity index (χ0) is 26.9. The summed E-state index contributed by atoms with van der Waals surface area (Å²) < 4.78 is 56.8. The van der Waals surface area contributed by atoms with Crippen LogP contribution < -0.4 is 19.9 Å². The Bertz CT molecular complexity index is 1630. The average molecular weight is 531 g/mol. The van der Waals surface area contributed by atoms with E-state index in [1.165, 1.54) is 37.1 Å². The van der Waals surface area contributed by atoms with Crippen LogP contribution in [-0.2, 0) is 9.84 Å². The van der Waals surface area contributed by atoms with Crippen molar-refractivity contribution in [1.82, 2.24) is 19.5 Å². The molecule has 1 aromatic carbocycles. The molecular weight excluding hydrogens is 503 g/mol. The van der Waals surface area contributed by atoms with Gasteiger partial charge in [-0.1, -0.05) is 0 Å². The molecule has 196 valence electrons. The number of hydrogen-bond donors (Lipinski definition) is 1. The van der Waals surface area contributed by atoms with Crippen LogP contribution in [0.25, 0.3) is 22.3 Å². The molecular formula is C25H27FN4O6S. The van der Waals surface area contributed by atoms with Gasteiger partial charge in [0.15, 0.2) is 11.4 Å². The molecule has 1 N–H and O–H groups in total. The van der Waals surface area contributed by atoms with Gasteiger partial charge in [-0.25, -0.2) is 27.6 Å². The van der Waals surface area contributed by atoms with Crippen LogP contribution in [0, 0.1) is 12.7 Å². The molecule has 0 aliphatic rings. The van der Waals surface area contributed by atoms with Crippen LogP contribution in [0.3, 0.4) is 0 Å². The summed E-state index contributed by atoms with van der Waals surface area (Å²) in [6, 6.07) is 6.50. The molecule has 0 radical (unpaired) electrons. The number of aromatic nitrogens is 4. The second-order valence-corrected chi connectivity index (χ2v) is 10.6. The van der Waals surface area contributed by atoms with Gasteiger partial charge >= 0.3 is 5.69 Å². The van der Waals surface area contributed by atoms with Crippen LogP contribution in [0.5, 0.6) is 17.4 Å². The molecule has 12 heteroatoms. The summed E-state index contributed by atoms with van der Waals surface area (Å²) in [4.78, 5) is 24.9. The number of H-pyrrole nitrogens is 1. The molecule has 10 nitrogen and oxygen atoms in total. The Morgan fingerprint density at radius 3 is 2.54 bits per heavy atom. The third-order valence-corrected chi connectivity index (χ3v) is 6.84. The highest BCUT2D eigenvalue weighted by Gasteiger charge is 2.28. The minimum Gasteiger partial charge on any atom is -0.497 e. The van der Waals surface area contributed by atoms with Gasteiger partial charge in [-0.2, -0.15) is 0 Å². The molecule has 0 unspecified atom stereocenters. The zero-order valence-electron chi connectivity index (χ0n) is 21.0. The van der Waals surface area contributed by atoms with Crippen molar-refractivity contribution in [3.8, 4) is 28.5 Å². The first-order valence-corrected chi connectivity index (χ1v) is 13.4. The molecule has 0 fully saturated rings. The van der Waals surface area contributed by atoms with Gasteiger partial charge in [0, 0.05) is 23.6 Å². The molecule has 0 amide bonds. The normalized spacial score (nSPS) is 12.5. The standard InChI is InChI=1S/C25H27FN4O6S/c1-6-36-24-21(35-4)10-9-19(28-24)20(13-37(5,32)33)30-23-22(29-25(30)31)14(2)17(12-27-23)16-11-15(34-3)7-8-18(16)26/h7-12,20H,6,13H2,1-5H3,(H,29,31)/t20-/m1/s1. The number of aryl methyl sites for hydroxylation is 1. The van der Waals surface area contributed by atoms with Crippen LogP contribution >= 0.6 is 0 Å². The van der Waals surface area contributed by atoms with Crippen molar-refractivity contribution >= 4 is 21.0 Å². The number of hydrogen-bond acceptors (Lipinski definition) is 8. The Hall–Kier alpha value is -3.93. The smallest absolute Gasteiger partial charge is 0.328 e. The highest BCUT2D eigenvalue weighted by atomic mass is 32.2.